The molecular weight excluding hydrogens is 306 g/mol. The Labute approximate surface area is 131 Å². The Morgan fingerprint density at radius 1 is 1.52 bits per heavy atom. The van der Waals surface area contributed by atoms with Crippen molar-refractivity contribution in [3.8, 4) is 0 Å². The average molecular weight is 323 g/mol. The molecule has 1 fully saturated rings. The van der Waals surface area contributed by atoms with Crippen LogP contribution in [0.15, 0.2) is 17.3 Å². The number of fused-ring (bicyclic) bond motifs is 1. The van der Waals surface area contributed by atoms with E-state index in [1.54, 1.807) is 0 Å². The summed E-state index contributed by atoms with van der Waals surface area (Å²) in [5.74, 6) is 1.46. The Hall–Kier alpha value is -1.21. The second-order valence-electron chi connectivity index (χ2n) is 5.11. The van der Waals surface area contributed by atoms with Gasteiger partial charge in [0.25, 0.3) is 0 Å². The maximum atomic E-state index is 10.9. The van der Waals surface area contributed by atoms with Gasteiger partial charge in [0.15, 0.2) is 10.8 Å². The van der Waals surface area contributed by atoms with Gasteiger partial charge in [-0.2, -0.15) is 11.8 Å². The van der Waals surface area contributed by atoms with Crippen LogP contribution in [0.2, 0.25) is 0 Å². The second-order valence-corrected chi connectivity index (χ2v) is 7.21. The molecule has 1 unspecified atom stereocenters. The van der Waals surface area contributed by atoms with Gasteiger partial charge in [0.05, 0.1) is 5.75 Å². The summed E-state index contributed by atoms with van der Waals surface area (Å²) in [6.45, 7) is 1.97. The highest BCUT2D eigenvalue weighted by atomic mass is 32.2. The van der Waals surface area contributed by atoms with Crippen LogP contribution in [-0.4, -0.2) is 42.9 Å². The van der Waals surface area contributed by atoms with E-state index in [4.69, 9.17) is 5.11 Å². The molecule has 0 aliphatic carbocycles. The van der Waals surface area contributed by atoms with Gasteiger partial charge in [-0.05, 0) is 37.7 Å². The number of carbonyl (C=O) groups is 1. The van der Waals surface area contributed by atoms with E-state index in [9.17, 15) is 4.79 Å². The molecule has 3 rings (SSSR count). The molecule has 3 heterocycles. The molecule has 0 radical (unpaired) electrons. The van der Waals surface area contributed by atoms with E-state index < -0.39 is 5.97 Å². The van der Waals surface area contributed by atoms with Gasteiger partial charge < -0.3 is 5.11 Å². The zero-order chi connectivity index (χ0) is 14.8. The summed E-state index contributed by atoms with van der Waals surface area (Å²) < 4.78 is 2.15. The van der Waals surface area contributed by atoms with E-state index in [2.05, 4.69) is 14.5 Å². The number of aliphatic carboxylic acids is 1. The fraction of sp³-hybridized carbons (Fsp3) is 0.500. The number of nitrogens with zero attached hydrogens (tertiary/aromatic N) is 3. The van der Waals surface area contributed by atoms with Crippen molar-refractivity contribution in [1.82, 2.24) is 14.5 Å². The normalized spacial score (nSPS) is 19.0. The number of aromatic nitrogens is 3. The third kappa shape index (κ3) is 3.18. The molecule has 7 heteroatoms. The topological polar surface area (TPSA) is 68.0 Å². The zero-order valence-electron chi connectivity index (χ0n) is 11.8. The lowest BCUT2D eigenvalue weighted by Gasteiger charge is -2.24. The summed E-state index contributed by atoms with van der Waals surface area (Å²) >= 11 is 3.23. The molecule has 0 amide bonds. The summed E-state index contributed by atoms with van der Waals surface area (Å²) in [5.41, 5.74) is 2.70. The molecule has 0 saturated carbocycles. The fourth-order valence-electron chi connectivity index (χ4n) is 2.53. The predicted molar refractivity (Wildman–Crippen MR) is 86.2 cm³/mol. The molecule has 112 valence electrons. The number of aryl methyl sites for hydroxylation is 1. The van der Waals surface area contributed by atoms with Crippen LogP contribution in [0.5, 0.6) is 0 Å². The van der Waals surface area contributed by atoms with Crippen LogP contribution in [0.1, 0.15) is 24.6 Å². The van der Waals surface area contributed by atoms with Crippen molar-refractivity contribution in [2.24, 2.45) is 0 Å². The van der Waals surface area contributed by atoms with Crippen LogP contribution in [0, 0.1) is 6.92 Å². The van der Waals surface area contributed by atoms with E-state index in [0.29, 0.717) is 6.04 Å². The average Bonchev–Trinajstić information content (AvgIpc) is 2.83. The summed E-state index contributed by atoms with van der Waals surface area (Å²) in [6, 6.07) is 4.27. The first-order chi connectivity index (χ1) is 10.1. The van der Waals surface area contributed by atoms with Gasteiger partial charge in [0.2, 0.25) is 0 Å². The summed E-state index contributed by atoms with van der Waals surface area (Å²) in [6.07, 6.45) is 2.29. The van der Waals surface area contributed by atoms with E-state index in [1.165, 1.54) is 23.9 Å². The molecule has 21 heavy (non-hydrogen) atoms. The molecule has 0 bridgehead atoms. The van der Waals surface area contributed by atoms with Crippen molar-refractivity contribution in [3.63, 3.8) is 0 Å². The number of rotatable bonds is 4. The molecule has 1 atom stereocenters. The minimum Gasteiger partial charge on any atom is -0.481 e. The Morgan fingerprint density at radius 3 is 3.10 bits per heavy atom. The zero-order valence-corrected chi connectivity index (χ0v) is 13.4. The minimum absolute atomic E-state index is 0.0299. The lowest BCUT2D eigenvalue weighted by atomic mass is 10.2. The van der Waals surface area contributed by atoms with Crippen molar-refractivity contribution in [2.45, 2.75) is 31.0 Å². The highest BCUT2D eigenvalue weighted by Crippen LogP contribution is 2.33. The number of imidazole rings is 1. The second kappa shape index (κ2) is 6.27. The number of hydrogen-bond acceptors (Lipinski definition) is 5. The van der Waals surface area contributed by atoms with E-state index >= 15 is 0 Å². The first-order valence-corrected chi connectivity index (χ1v) is 9.07. The number of thioether (sulfide) groups is 2. The lowest BCUT2D eigenvalue weighted by molar-refractivity contribution is -0.133. The van der Waals surface area contributed by atoms with Gasteiger partial charge in [0, 0.05) is 17.5 Å². The monoisotopic (exact) mass is 323 g/mol. The maximum Gasteiger partial charge on any atom is 0.313 e. The first kappa shape index (κ1) is 14.7. The van der Waals surface area contributed by atoms with Crippen molar-refractivity contribution in [2.75, 3.05) is 17.3 Å². The Kier molecular flexibility index (Phi) is 4.40. The molecule has 0 spiro atoms. The van der Waals surface area contributed by atoms with Crippen molar-refractivity contribution >= 4 is 40.7 Å². The van der Waals surface area contributed by atoms with Crippen molar-refractivity contribution in [3.05, 3.63) is 17.8 Å². The van der Waals surface area contributed by atoms with Gasteiger partial charge >= 0.3 is 5.97 Å². The summed E-state index contributed by atoms with van der Waals surface area (Å²) in [5, 5.41) is 9.69. The smallest absolute Gasteiger partial charge is 0.313 e. The molecule has 1 aliphatic heterocycles. The van der Waals surface area contributed by atoms with Crippen molar-refractivity contribution in [1.29, 1.82) is 0 Å². The number of hydrogen-bond donors (Lipinski definition) is 1. The fourth-order valence-corrected chi connectivity index (χ4v) is 4.45. The first-order valence-electron chi connectivity index (χ1n) is 6.93. The van der Waals surface area contributed by atoms with Crippen LogP contribution in [0.4, 0.5) is 0 Å². The SMILES string of the molecule is Cc1ccc2nc(SCC(=O)O)n(C3CCCSC3)c2n1. The molecular formula is C14H17N3O2S2. The molecule has 1 N–H and O–H groups in total. The molecule has 1 aliphatic rings. The molecule has 1 saturated heterocycles. The van der Waals surface area contributed by atoms with Gasteiger partial charge in [-0.1, -0.05) is 11.8 Å². The lowest BCUT2D eigenvalue weighted by Crippen LogP contribution is -2.17. The van der Waals surface area contributed by atoms with E-state index in [-0.39, 0.29) is 5.75 Å². The minimum atomic E-state index is -0.819. The number of carboxylic acid groups (broad SMARTS) is 1. The Balaban J connectivity index is 2.04. The van der Waals surface area contributed by atoms with Gasteiger partial charge in [0.1, 0.15) is 5.52 Å². The highest BCUT2D eigenvalue weighted by Gasteiger charge is 2.23. The summed E-state index contributed by atoms with van der Waals surface area (Å²) in [4.78, 5) is 20.1. The number of carboxylic acids is 1. The molecule has 0 aromatic carbocycles. The van der Waals surface area contributed by atoms with Crippen molar-refractivity contribution < 1.29 is 9.90 Å². The third-order valence-corrected chi connectivity index (χ3v) is 5.61. The van der Waals surface area contributed by atoms with Crippen LogP contribution < -0.4 is 0 Å². The standard InChI is InChI=1S/C14H17N3O2S2/c1-9-4-5-11-13(15-9)17(10-3-2-6-20-7-10)14(16-11)21-8-12(18)19/h4-5,10H,2-3,6-8H2,1H3,(H,18,19). The molecule has 2 aromatic rings. The summed E-state index contributed by atoms with van der Waals surface area (Å²) in [7, 11) is 0. The molecule has 2 aromatic heterocycles. The Morgan fingerprint density at radius 2 is 2.38 bits per heavy atom. The van der Waals surface area contributed by atoms with E-state index in [1.807, 2.05) is 30.8 Å². The van der Waals surface area contributed by atoms with Crippen LogP contribution >= 0.6 is 23.5 Å². The van der Waals surface area contributed by atoms with Gasteiger partial charge in [-0.15, -0.1) is 0 Å². The van der Waals surface area contributed by atoms with Crippen LogP contribution in [0.25, 0.3) is 11.2 Å². The highest BCUT2D eigenvalue weighted by molar-refractivity contribution is 8.00. The van der Waals surface area contributed by atoms with Gasteiger partial charge in [-0.3, -0.25) is 9.36 Å². The predicted octanol–water partition coefficient (Wildman–Crippen LogP) is 2.98. The van der Waals surface area contributed by atoms with E-state index in [0.717, 1.165) is 34.2 Å². The van der Waals surface area contributed by atoms with Crippen LogP contribution in [0.3, 0.4) is 0 Å². The van der Waals surface area contributed by atoms with Crippen LogP contribution in [-0.2, 0) is 4.79 Å². The largest absolute Gasteiger partial charge is 0.481 e. The number of pyridine rings is 1. The van der Waals surface area contributed by atoms with Gasteiger partial charge in [-0.25, -0.2) is 9.97 Å². The Bertz CT molecular complexity index is 666. The molecule has 5 nitrogen and oxygen atoms in total. The third-order valence-electron chi connectivity index (χ3n) is 3.47. The quantitative estimate of drug-likeness (QED) is 0.873. The maximum absolute atomic E-state index is 10.9.